The maximum atomic E-state index is 13.3. The maximum Gasteiger partial charge on any atom is 0.500 e. The van der Waals surface area contributed by atoms with Crippen LogP contribution in [0.3, 0.4) is 0 Å². The first kappa shape index (κ1) is 29.7. The molecule has 42 heavy (non-hydrogen) atoms. The topological polar surface area (TPSA) is 101 Å². The van der Waals surface area contributed by atoms with Gasteiger partial charge in [0.2, 0.25) is 5.88 Å². The Bertz CT molecular complexity index is 1670. The number of nitrogens with zero attached hydrogens (tertiary/aromatic N) is 4. The summed E-state index contributed by atoms with van der Waals surface area (Å²) in [6, 6.07) is 15.5. The molecule has 0 bridgehead atoms. The SMILES string of the molecule is COc1ncccc1B1OC(C)(C)C(C)(C)O1.Fc1ccc2nc(Nc3ccc(Oc4nccnc4Cl)cc3)sc2c1. The molecule has 1 aliphatic rings. The van der Waals surface area contributed by atoms with Crippen LogP contribution in [0, 0.1) is 5.82 Å². The van der Waals surface area contributed by atoms with Gasteiger partial charge < -0.3 is 24.1 Å². The van der Waals surface area contributed by atoms with E-state index in [4.69, 9.17) is 30.4 Å². The number of aromatic nitrogens is 4. The molecule has 3 aromatic heterocycles. The first-order valence-electron chi connectivity index (χ1n) is 13.0. The summed E-state index contributed by atoms with van der Waals surface area (Å²) >= 11 is 7.30. The molecule has 1 aliphatic heterocycles. The van der Waals surface area contributed by atoms with Gasteiger partial charge in [-0.25, -0.2) is 24.3 Å². The lowest BCUT2D eigenvalue weighted by Gasteiger charge is -2.32. The molecule has 13 heteroatoms. The lowest BCUT2D eigenvalue weighted by Crippen LogP contribution is -2.41. The number of anilines is 2. The van der Waals surface area contributed by atoms with E-state index in [1.54, 1.807) is 31.5 Å². The number of thiazole rings is 1. The van der Waals surface area contributed by atoms with E-state index in [1.165, 1.54) is 35.9 Å². The van der Waals surface area contributed by atoms with E-state index in [0.717, 1.165) is 21.4 Å². The van der Waals surface area contributed by atoms with Crippen LogP contribution < -0.4 is 20.3 Å². The highest BCUT2D eigenvalue weighted by Crippen LogP contribution is 2.37. The maximum absolute atomic E-state index is 13.3. The number of rotatable bonds is 6. The van der Waals surface area contributed by atoms with Crippen molar-refractivity contribution in [3.05, 3.63) is 84.2 Å². The van der Waals surface area contributed by atoms with Gasteiger partial charge in [-0.05, 0) is 76.2 Å². The molecule has 1 fully saturated rings. The zero-order valence-electron chi connectivity index (χ0n) is 23.6. The molecule has 5 aromatic rings. The van der Waals surface area contributed by atoms with Gasteiger partial charge in [-0.2, -0.15) is 0 Å². The van der Waals surface area contributed by atoms with E-state index in [9.17, 15) is 4.39 Å². The highest BCUT2D eigenvalue weighted by Gasteiger charge is 2.52. The molecule has 0 atom stereocenters. The van der Waals surface area contributed by atoms with Crippen molar-refractivity contribution in [2.24, 2.45) is 0 Å². The van der Waals surface area contributed by atoms with Crippen molar-refractivity contribution in [2.75, 3.05) is 12.4 Å². The molecule has 0 radical (unpaired) electrons. The van der Waals surface area contributed by atoms with Gasteiger partial charge in [0.1, 0.15) is 11.6 Å². The van der Waals surface area contributed by atoms with Crippen LogP contribution >= 0.6 is 22.9 Å². The molecule has 0 amide bonds. The third-order valence-corrected chi connectivity index (χ3v) is 7.99. The Hall–Kier alpha value is -3.84. The zero-order chi connectivity index (χ0) is 29.9. The first-order chi connectivity index (χ1) is 20.0. The monoisotopic (exact) mass is 607 g/mol. The highest BCUT2D eigenvalue weighted by molar-refractivity contribution is 7.22. The van der Waals surface area contributed by atoms with E-state index in [1.807, 2.05) is 52.0 Å². The van der Waals surface area contributed by atoms with Crippen molar-refractivity contribution in [3.63, 3.8) is 0 Å². The van der Waals surface area contributed by atoms with Crippen LogP contribution in [0.25, 0.3) is 10.2 Å². The number of pyridine rings is 1. The molecule has 6 rings (SSSR count). The van der Waals surface area contributed by atoms with Crippen LogP contribution in [0.4, 0.5) is 15.2 Å². The second-order valence-electron chi connectivity index (χ2n) is 10.2. The average molecular weight is 608 g/mol. The number of hydrogen-bond donors (Lipinski definition) is 1. The minimum Gasteiger partial charge on any atom is -0.481 e. The smallest absolute Gasteiger partial charge is 0.481 e. The van der Waals surface area contributed by atoms with Crippen molar-refractivity contribution in [1.82, 2.24) is 19.9 Å². The van der Waals surface area contributed by atoms with E-state index < -0.39 is 7.12 Å². The minimum atomic E-state index is -0.427. The Kier molecular flexibility index (Phi) is 8.60. The average Bonchev–Trinajstić information content (AvgIpc) is 3.46. The number of halogens is 2. The number of benzene rings is 2. The Morgan fingerprint density at radius 2 is 1.60 bits per heavy atom. The Labute approximate surface area is 252 Å². The third-order valence-electron chi connectivity index (χ3n) is 6.79. The quantitative estimate of drug-likeness (QED) is 0.209. The van der Waals surface area contributed by atoms with Gasteiger partial charge >= 0.3 is 7.12 Å². The van der Waals surface area contributed by atoms with Crippen LogP contribution in [0.1, 0.15) is 27.7 Å². The first-order valence-corrected chi connectivity index (χ1v) is 14.2. The van der Waals surface area contributed by atoms with Gasteiger partial charge in [-0.15, -0.1) is 0 Å². The summed E-state index contributed by atoms with van der Waals surface area (Å²) in [5, 5.41) is 4.08. The van der Waals surface area contributed by atoms with Gasteiger partial charge in [-0.3, -0.25) is 0 Å². The summed E-state index contributed by atoms with van der Waals surface area (Å²) < 4.78 is 36.8. The summed E-state index contributed by atoms with van der Waals surface area (Å²) in [6.45, 7) is 8.09. The lowest BCUT2D eigenvalue weighted by molar-refractivity contribution is 0.00578. The van der Waals surface area contributed by atoms with E-state index >= 15 is 0 Å². The Morgan fingerprint density at radius 3 is 2.29 bits per heavy atom. The number of nitrogens with one attached hydrogen (secondary N) is 1. The molecule has 2 aromatic carbocycles. The van der Waals surface area contributed by atoms with Crippen molar-refractivity contribution < 1.29 is 23.2 Å². The van der Waals surface area contributed by atoms with Gasteiger partial charge in [0.05, 0.1) is 28.5 Å². The molecule has 216 valence electrons. The predicted molar refractivity (Wildman–Crippen MR) is 163 cm³/mol. The standard InChI is InChI=1S/C17H10ClFN4OS.C12H18BNO3/c18-15-16(21-8-7-20-15)24-12-4-2-11(3-5-12)22-17-23-13-6-1-10(19)9-14(13)25-17;1-11(2)12(3,4)17-13(16-11)9-7-6-8-14-10(9)15-5/h1-9H,(H,22,23);6-8H,1-5H3. The molecule has 0 saturated carbocycles. The fourth-order valence-corrected chi connectivity index (χ4v) is 4.95. The Morgan fingerprint density at radius 1 is 0.905 bits per heavy atom. The minimum absolute atomic E-state index is 0.200. The molecule has 1 saturated heterocycles. The van der Waals surface area contributed by atoms with Crippen LogP contribution in [-0.4, -0.2) is 45.4 Å². The lowest BCUT2D eigenvalue weighted by atomic mass is 9.80. The molecule has 1 N–H and O–H groups in total. The van der Waals surface area contributed by atoms with Gasteiger partial charge in [0.15, 0.2) is 10.3 Å². The molecule has 0 unspecified atom stereocenters. The Balaban J connectivity index is 0.000000181. The van der Waals surface area contributed by atoms with Gasteiger partial charge in [-0.1, -0.05) is 29.0 Å². The van der Waals surface area contributed by atoms with Crippen molar-refractivity contribution in [3.8, 4) is 17.5 Å². The molecular weight excluding hydrogens is 580 g/mol. The van der Waals surface area contributed by atoms with E-state index in [-0.39, 0.29) is 28.1 Å². The predicted octanol–water partition coefficient (Wildman–Crippen LogP) is 6.80. The number of ether oxygens (including phenoxy) is 2. The van der Waals surface area contributed by atoms with E-state index in [0.29, 0.717) is 16.8 Å². The number of fused-ring (bicyclic) bond motifs is 1. The summed E-state index contributed by atoms with van der Waals surface area (Å²) in [7, 11) is 1.17. The fraction of sp³-hybridized carbons (Fsp3) is 0.241. The molecule has 4 heterocycles. The molecule has 0 spiro atoms. The summed E-state index contributed by atoms with van der Waals surface area (Å²) in [5.41, 5.74) is 1.72. The molecule has 0 aliphatic carbocycles. The second kappa shape index (κ2) is 12.2. The zero-order valence-corrected chi connectivity index (χ0v) is 25.2. The second-order valence-corrected chi connectivity index (χ2v) is 11.6. The molecular formula is C29H28BClFN5O4S. The summed E-state index contributed by atoms with van der Waals surface area (Å²) in [5.74, 6) is 1.11. The number of hydrogen-bond acceptors (Lipinski definition) is 10. The van der Waals surface area contributed by atoms with Crippen molar-refractivity contribution in [2.45, 2.75) is 38.9 Å². The van der Waals surface area contributed by atoms with Crippen LogP contribution in [0.5, 0.6) is 17.5 Å². The van der Waals surface area contributed by atoms with Crippen LogP contribution in [0.15, 0.2) is 73.2 Å². The van der Waals surface area contributed by atoms with E-state index in [2.05, 4.69) is 25.3 Å². The fourth-order valence-electron chi connectivity index (χ4n) is 3.89. The number of methoxy groups -OCH3 is 1. The normalized spacial score (nSPS) is 15.2. The van der Waals surface area contributed by atoms with Gasteiger partial charge in [0.25, 0.3) is 5.88 Å². The summed E-state index contributed by atoms with van der Waals surface area (Å²) in [6.07, 6.45) is 4.69. The highest BCUT2D eigenvalue weighted by atomic mass is 35.5. The van der Waals surface area contributed by atoms with Crippen molar-refractivity contribution in [1.29, 1.82) is 0 Å². The van der Waals surface area contributed by atoms with Gasteiger partial charge in [0, 0.05) is 29.7 Å². The van der Waals surface area contributed by atoms with Crippen LogP contribution in [-0.2, 0) is 9.31 Å². The van der Waals surface area contributed by atoms with Crippen LogP contribution in [0.2, 0.25) is 5.15 Å². The molecule has 9 nitrogen and oxygen atoms in total. The largest absolute Gasteiger partial charge is 0.500 e. The third kappa shape index (κ3) is 6.62. The summed E-state index contributed by atoms with van der Waals surface area (Å²) in [4.78, 5) is 16.5. The van der Waals surface area contributed by atoms with Crippen molar-refractivity contribution >= 4 is 56.6 Å².